The van der Waals surface area contributed by atoms with E-state index in [1.54, 1.807) is 0 Å². The highest BCUT2D eigenvalue weighted by Crippen LogP contribution is 2.25. The van der Waals surface area contributed by atoms with Crippen LogP contribution in [0.4, 0.5) is 0 Å². The Labute approximate surface area is 87.9 Å². The van der Waals surface area contributed by atoms with Gasteiger partial charge in [-0.05, 0) is 30.8 Å². The summed E-state index contributed by atoms with van der Waals surface area (Å²) in [4.78, 5) is 0. The van der Waals surface area contributed by atoms with Crippen molar-refractivity contribution in [3.05, 3.63) is 5.92 Å². The van der Waals surface area contributed by atoms with Gasteiger partial charge in [-0.1, -0.05) is 44.9 Å². The van der Waals surface area contributed by atoms with Crippen molar-refractivity contribution in [2.75, 3.05) is 12.0 Å². The lowest BCUT2D eigenvalue weighted by Crippen LogP contribution is -2.02. The second kappa shape index (κ2) is 7.73. The molecule has 0 aromatic heterocycles. The SMILES string of the molecule is CSC[C]1CCCCCCCCC1. The topological polar surface area (TPSA) is 0 Å². The molecular formula is C12H23S. The first kappa shape index (κ1) is 11.4. The van der Waals surface area contributed by atoms with Gasteiger partial charge in [-0.25, -0.2) is 0 Å². The van der Waals surface area contributed by atoms with Gasteiger partial charge in [0.25, 0.3) is 0 Å². The molecule has 0 aliphatic heterocycles. The molecule has 1 radical (unpaired) electrons. The van der Waals surface area contributed by atoms with Gasteiger partial charge >= 0.3 is 0 Å². The van der Waals surface area contributed by atoms with Crippen molar-refractivity contribution in [3.8, 4) is 0 Å². The molecule has 1 fully saturated rings. The number of rotatable bonds is 2. The zero-order valence-corrected chi connectivity index (χ0v) is 9.80. The molecular weight excluding hydrogens is 176 g/mol. The van der Waals surface area contributed by atoms with Crippen LogP contribution < -0.4 is 0 Å². The van der Waals surface area contributed by atoms with Gasteiger partial charge in [0, 0.05) is 0 Å². The summed E-state index contributed by atoms with van der Waals surface area (Å²) in [5, 5.41) is 0. The van der Waals surface area contributed by atoms with Crippen LogP contribution in [0.3, 0.4) is 0 Å². The third-order valence-corrected chi connectivity index (χ3v) is 3.61. The van der Waals surface area contributed by atoms with E-state index in [0.29, 0.717) is 0 Å². The Morgan fingerprint density at radius 1 is 0.846 bits per heavy atom. The molecule has 0 nitrogen and oxygen atoms in total. The van der Waals surface area contributed by atoms with E-state index in [2.05, 4.69) is 6.26 Å². The van der Waals surface area contributed by atoms with Crippen LogP contribution in [-0.4, -0.2) is 12.0 Å². The molecule has 1 aliphatic rings. The van der Waals surface area contributed by atoms with Crippen LogP contribution in [-0.2, 0) is 0 Å². The maximum absolute atomic E-state index is 2.23. The second-order valence-corrected chi connectivity index (χ2v) is 5.02. The van der Waals surface area contributed by atoms with E-state index in [4.69, 9.17) is 0 Å². The van der Waals surface area contributed by atoms with E-state index < -0.39 is 0 Å². The van der Waals surface area contributed by atoms with Crippen molar-refractivity contribution in [1.29, 1.82) is 0 Å². The molecule has 1 rings (SSSR count). The highest BCUT2D eigenvalue weighted by Gasteiger charge is 2.09. The van der Waals surface area contributed by atoms with Crippen molar-refractivity contribution in [2.45, 2.75) is 57.8 Å². The van der Waals surface area contributed by atoms with Crippen LogP contribution in [0, 0.1) is 5.92 Å². The zero-order valence-electron chi connectivity index (χ0n) is 8.98. The van der Waals surface area contributed by atoms with Gasteiger partial charge < -0.3 is 0 Å². The predicted octanol–water partition coefficient (Wildman–Crippen LogP) is 4.45. The van der Waals surface area contributed by atoms with E-state index in [1.165, 1.54) is 63.5 Å². The number of hydrogen-bond acceptors (Lipinski definition) is 1. The fraction of sp³-hybridized carbons (Fsp3) is 0.917. The van der Waals surface area contributed by atoms with Crippen molar-refractivity contribution in [1.82, 2.24) is 0 Å². The molecule has 1 heteroatoms. The first-order chi connectivity index (χ1) is 6.43. The maximum atomic E-state index is 2.23. The van der Waals surface area contributed by atoms with Gasteiger partial charge in [0.15, 0.2) is 0 Å². The summed E-state index contributed by atoms with van der Waals surface area (Å²) in [7, 11) is 0. The lowest BCUT2D eigenvalue weighted by atomic mass is 9.94. The molecule has 0 amide bonds. The van der Waals surface area contributed by atoms with Gasteiger partial charge in [-0.2, -0.15) is 11.8 Å². The minimum atomic E-state index is 1.32. The number of hydrogen-bond donors (Lipinski definition) is 0. The molecule has 0 unspecified atom stereocenters. The fourth-order valence-electron chi connectivity index (χ4n) is 2.11. The molecule has 0 N–H and O–H groups in total. The van der Waals surface area contributed by atoms with Gasteiger partial charge in [0.05, 0.1) is 0 Å². The fourth-order valence-corrected chi connectivity index (χ4v) is 2.80. The van der Waals surface area contributed by atoms with Gasteiger partial charge in [0.1, 0.15) is 0 Å². The van der Waals surface area contributed by atoms with Crippen LogP contribution in [0.5, 0.6) is 0 Å². The molecule has 0 spiro atoms. The molecule has 13 heavy (non-hydrogen) atoms. The predicted molar refractivity (Wildman–Crippen MR) is 63.2 cm³/mol. The maximum Gasteiger partial charge on any atom is -0.000796 e. The second-order valence-electron chi connectivity index (χ2n) is 4.16. The van der Waals surface area contributed by atoms with Crippen molar-refractivity contribution >= 4 is 11.8 Å². The highest BCUT2D eigenvalue weighted by molar-refractivity contribution is 7.98. The molecule has 1 aliphatic carbocycles. The minimum Gasteiger partial charge on any atom is -0.165 e. The van der Waals surface area contributed by atoms with E-state index in [-0.39, 0.29) is 0 Å². The Bertz CT molecular complexity index is 102. The van der Waals surface area contributed by atoms with Crippen molar-refractivity contribution < 1.29 is 0 Å². The summed E-state index contributed by atoms with van der Waals surface area (Å²) in [6.07, 6.45) is 15.4. The zero-order chi connectivity index (χ0) is 9.36. The Morgan fingerprint density at radius 3 is 1.77 bits per heavy atom. The van der Waals surface area contributed by atoms with Gasteiger partial charge in [0.2, 0.25) is 0 Å². The average molecular weight is 199 g/mol. The van der Waals surface area contributed by atoms with Crippen LogP contribution in [0.15, 0.2) is 0 Å². The van der Waals surface area contributed by atoms with E-state index in [0.717, 1.165) is 0 Å². The average Bonchev–Trinajstić information content (AvgIpc) is 2.16. The summed E-state index contributed by atoms with van der Waals surface area (Å²) >= 11 is 2.00. The molecule has 0 saturated heterocycles. The Balaban J connectivity index is 2.18. The van der Waals surface area contributed by atoms with Crippen LogP contribution in [0.1, 0.15) is 57.8 Å². The summed E-state index contributed by atoms with van der Waals surface area (Å²) in [5.41, 5.74) is 0. The van der Waals surface area contributed by atoms with Crippen molar-refractivity contribution in [3.63, 3.8) is 0 Å². The number of thioether (sulfide) groups is 1. The van der Waals surface area contributed by atoms with E-state index in [1.807, 2.05) is 17.7 Å². The Morgan fingerprint density at radius 2 is 1.31 bits per heavy atom. The van der Waals surface area contributed by atoms with Crippen LogP contribution >= 0.6 is 11.8 Å². The monoisotopic (exact) mass is 199 g/mol. The molecule has 0 bridgehead atoms. The molecule has 1 saturated carbocycles. The van der Waals surface area contributed by atoms with Gasteiger partial charge in [-0.15, -0.1) is 0 Å². The summed E-state index contributed by atoms with van der Waals surface area (Å²) in [5.74, 6) is 3.15. The lowest BCUT2D eigenvalue weighted by molar-refractivity contribution is 0.525. The summed E-state index contributed by atoms with van der Waals surface area (Å²) in [6, 6.07) is 0. The van der Waals surface area contributed by atoms with Crippen LogP contribution in [0.2, 0.25) is 0 Å². The first-order valence-corrected chi connectivity index (χ1v) is 7.15. The molecule has 0 heterocycles. The van der Waals surface area contributed by atoms with E-state index >= 15 is 0 Å². The standard InChI is InChI=1S/C12H23S/c1-13-11-12-9-7-5-3-2-4-6-8-10-12/h2-11H2,1H3. The van der Waals surface area contributed by atoms with Crippen LogP contribution in [0.25, 0.3) is 0 Å². The summed E-state index contributed by atoms with van der Waals surface area (Å²) < 4.78 is 0. The lowest BCUT2D eigenvalue weighted by Gasteiger charge is -2.16. The normalized spacial score (nSPS) is 22.8. The van der Waals surface area contributed by atoms with E-state index in [9.17, 15) is 0 Å². The Hall–Kier alpha value is 0.350. The molecule has 77 valence electrons. The smallest absolute Gasteiger partial charge is 0.000796 e. The third kappa shape index (κ3) is 5.61. The Kier molecular flexibility index (Phi) is 6.79. The summed E-state index contributed by atoms with van der Waals surface area (Å²) in [6.45, 7) is 0. The third-order valence-electron chi connectivity index (χ3n) is 2.91. The molecule has 0 aromatic rings. The minimum absolute atomic E-state index is 1.32. The highest BCUT2D eigenvalue weighted by atomic mass is 32.2. The quantitative estimate of drug-likeness (QED) is 0.633. The van der Waals surface area contributed by atoms with Gasteiger partial charge in [-0.3, -0.25) is 0 Å². The molecule has 0 aromatic carbocycles. The largest absolute Gasteiger partial charge is 0.165 e. The van der Waals surface area contributed by atoms with Crippen molar-refractivity contribution in [2.24, 2.45) is 0 Å². The first-order valence-electron chi connectivity index (χ1n) is 5.76. The molecule has 0 atom stereocenters.